The molecule has 1 fully saturated rings. The summed E-state index contributed by atoms with van der Waals surface area (Å²) in [5, 5.41) is 20.5. The summed E-state index contributed by atoms with van der Waals surface area (Å²) in [5.41, 5.74) is 3.26. The number of nitrogens with one attached hydrogen (secondary N) is 2. The predicted molar refractivity (Wildman–Crippen MR) is 85.6 cm³/mol. The van der Waals surface area contributed by atoms with Crippen molar-refractivity contribution in [3.05, 3.63) is 36.0 Å². The first kappa shape index (κ1) is 15.1. The molecule has 1 aliphatic carbocycles. The molecule has 2 aromatic rings. The lowest BCUT2D eigenvalue weighted by atomic mass is 10.1. The van der Waals surface area contributed by atoms with Crippen LogP contribution in [-0.4, -0.2) is 35.1 Å². The Morgan fingerprint density at radius 3 is 2.82 bits per heavy atom. The second-order valence-electron chi connectivity index (χ2n) is 5.89. The van der Waals surface area contributed by atoms with Crippen molar-refractivity contribution in [2.75, 3.05) is 13.7 Å². The third kappa shape index (κ3) is 3.31. The fraction of sp³-hybridized carbons (Fsp3) is 0.471. The van der Waals surface area contributed by atoms with Crippen LogP contribution in [0.3, 0.4) is 0 Å². The van der Waals surface area contributed by atoms with Gasteiger partial charge in [0.25, 0.3) is 0 Å². The van der Waals surface area contributed by atoms with Crippen molar-refractivity contribution in [1.29, 1.82) is 0 Å². The van der Waals surface area contributed by atoms with Gasteiger partial charge in [-0.1, -0.05) is 6.42 Å². The van der Waals surface area contributed by atoms with Crippen LogP contribution in [0.15, 0.2) is 30.5 Å². The van der Waals surface area contributed by atoms with Gasteiger partial charge in [0.05, 0.1) is 25.1 Å². The van der Waals surface area contributed by atoms with Crippen LogP contribution in [0.4, 0.5) is 0 Å². The second-order valence-corrected chi connectivity index (χ2v) is 5.89. The van der Waals surface area contributed by atoms with E-state index in [1.54, 1.807) is 7.11 Å². The van der Waals surface area contributed by atoms with Crippen LogP contribution >= 0.6 is 0 Å². The van der Waals surface area contributed by atoms with E-state index < -0.39 is 0 Å². The van der Waals surface area contributed by atoms with Gasteiger partial charge in [-0.15, -0.1) is 0 Å². The van der Waals surface area contributed by atoms with Crippen LogP contribution in [0.5, 0.6) is 5.75 Å². The van der Waals surface area contributed by atoms with Crippen molar-refractivity contribution in [2.24, 2.45) is 5.92 Å². The van der Waals surface area contributed by atoms with Gasteiger partial charge in [0.1, 0.15) is 5.75 Å². The Balaban J connectivity index is 1.61. The van der Waals surface area contributed by atoms with Crippen molar-refractivity contribution < 1.29 is 9.84 Å². The molecule has 0 saturated heterocycles. The van der Waals surface area contributed by atoms with E-state index in [9.17, 15) is 5.11 Å². The highest BCUT2D eigenvalue weighted by atomic mass is 16.5. The number of rotatable bonds is 6. The number of hydrogen-bond donors (Lipinski definition) is 3. The highest BCUT2D eigenvalue weighted by Crippen LogP contribution is 2.26. The summed E-state index contributed by atoms with van der Waals surface area (Å²) in [5.74, 6) is 1.23. The molecular formula is C17H23N3O2. The van der Waals surface area contributed by atoms with Gasteiger partial charge < -0.3 is 15.2 Å². The molecule has 118 valence electrons. The first-order chi connectivity index (χ1) is 10.8. The maximum Gasteiger partial charge on any atom is 0.118 e. The van der Waals surface area contributed by atoms with E-state index in [2.05, 4.69) is 15.5 Å². The van der Waals surface area contributed by atoms with E-state index in [0.717, 1.165) is 54.9 Å². The van der Waals surface area contributed by atoms with Crippen LogP contribution < -0.4 is 10.1 Å². The van der Waals surface area contributed by atoms with Gasteiger partial charge in [-0.3, -0.25) is 5.10 Å². The maximum atomic E-state index is 9.86. The van der Waals surface area contributed by atoms with Gasteiger partial charge in [-0.05, 0) is 43.0 Å². The van der Waals surface area contributed by atoms with E-state index >= 15 is 0 Å². The smallest absolute Gasteiger partial charge is 0.118 e. The Morgan fingerprint density at radius 2 is 2.14 bits per heavy atom. The van der Waals surface area contributed by atoms with Crippen molar-refractivity contribution >= 4 is 0 Å². The van der Waals surface area contributed by atoms with Gasteiger partial charge in [-0.2, -0.15) is 5.10 Å². The molecule has 1 aromatic heterocycles. The number of H-pyrrole nitrogens is 1. The summed E-state index contributed by atoms with van der Waals surface area (Å²) in [6.45, 7) is 1.61. The third-order valence-corrected chi connectivity index (χ3v) is 4.44. The zero-order chi connectivity index (χ0) is 15.4. The van der Waals surface area contributed by atoms with Crippen LogP contribution in [0.25, 0.3) is 11.3 Å². The Labute approximate surface area is 130 Å². The Morgan fingerprint density at radius 1 is 1.32 bits per heavy atom. The topological polar surface area (TPSA) is 70.2 Å². The van der Waals surface area contributed by atoms with Gasteiger partial charge in [0.15, 0.2) is 0 Å². The van der Waals surface area contributed by atoms with Gasteiger partial charge in [0.2, 0.25) is 0 Å². The molecule has 1 aromatic carbocycles. The normalized spacial score (nSPS) is 21.2. The average Bonchev–Trinajstić information content (AvgIpc) is 3.17. The van der Waals surface area contributed by atoms with Crippen molar-refractivity contribution in [3.63, 3.8) is 0 Å². The number of methoxy groups -OCH3 is 1. The summed E-state index contributed by atoms with van der Waals surface area (Å²) in [6, 6.07) is 7.94. The molecule has 0 spiro atoms. The van der Waals surface area contributed by atoms with Gasteiger partial charge >= 0.3 is 0 Å². The Hall–Kier alpha value is -1.85. The first-order valence-corrected chi connectivity index (χ1v) is 7.83. The quantitative estimate of drug-likeness (QED) is 0.766. The molecule has 22 heavy (non-hydrogen) atoms. The van der Waals surface area contributed by atoms with Crippen LogP contribution in [0.1, 0.15) is 24.8 Å². The number of aromatic nitrogens is 2. The number of aromatic amines is 1. The largest absolute Gasteiger partial charge is 0.497 e. The van der Waals surface area contributed by atoms with Crippen LogP contribution in [0.2, 0.25) is 0 Å². The van der Waals surface area contributed by atoms with Crippen LogP contribution in [0, 0.1) is 5.92 Å². The molecular weight excluding hydrogens is 278 g/mol. The molecule has 0 aliphatic heterocycles. The highest BCUT2D eigenvalue weighted by molar-refractivity contribution is 5.63. The standard InChI is InChI=1S/C17H23N3O2/c1-22-15-7-5-12(6-8-15)17-14(11-19-20-17)10-18-9-13-3-2-4-16(13)21/h5-8,11,13,16,18,21H,2-4,9-10H2,1H3,(H,19,20). The number of benzene rings is 1. The molecule has 1 heterocycles. The van der Waals surface area contributed by atoms with Gasteiger partial charge in [-0.25, -0.2) is 0 Å². The minimum atomic E-state index is -0.141. The molecule has 1 aliphatic rings. The first-order valence-electron chi connectivity index (χ1n) is 7.83. The summed E-state index contributed by atoms with van der Waals surface area (Å²) in [6.07, 6.45) is 4.91. The third-order valence-electron chi connectivity index (χ3n) is 4.44. The molecule has 5 heteroatoms. The lowest BCUT2D eigenvalue weighted by Crippen LogP contribution is -2.27. The fourth-order valence-corrected chi connectivity index (χ4v) is 3.10. The number of aliphatic hydroxyl groups excluding tert-OH is 1. The predicted octanol–water partition coefficient (Wildman–Crippen LogP) is 2.34. The van der Waals surface area contributed by atoms with E-state index in [-0.39, 0.29) is 6.10 Å². The SMILES string of the molecule is COc1ccc(-c2[nH]ncc2CNCC2CCCC2O)cc1. The zero-order valence-corrected chi connectivity index (χ0v) is 12.9. The Bertz CT molecular complexity index is 594. The molecule has 0 bridgehead atoms. The molecule has 0 radical (unpaired) electrons. The van der Waals surface area contributed by atoms with E-state index in [1.807, 2.05) is 30.5 Å². The summed E-state index contributed by atoms with van der Waals surface area (Å²) in [7, 11) is 1.66. The minimum absolute atomic E-state index is 0.141. The Kier molecular flexibility index (Phi) is 4.75. The summed E-state index contributed by atoms with van der Waals surface area (Å²) < 4.78 is 5.19. The molecule has 2 atom stereocenters. The molecule has 0 amide bonds. The van der Waals surface area contributed by atoms with Crippen LogP contribution in [-0.2, 0) is 6.54 Å². The van der Waals surface area contributed by atoms with E-state index in [4.69, 9.17) is 4.74 Å². The van der Waals surface area contributed by atoms with Crippen molar-refractivity contribution in [3.8, 4) is 17.0 Å². The number of nitrogens with zero attached hydrogens (tertiary/aromatic N) is 1. The lowest BCUT2D eigenvalue weighted by Gasteiger charge is -2.15. The van der Waals surface area contributed by atoms with Crippen molar-refractivity contribution in [1.82, 2.24) is 15.5 Å². The van der Waals surface area contributed by atoms with Crippen molar-refractivity contribution in [2.45, 2.75) is 31.9 Å². The summed E-state index contributed by atoms with van der Waals surface area (Å²) >= 11 is 0. The highest BCUT2D eigenvalue weighted by Gasteiger charge is 2.24. The lowest BCUT2D eigenvalue weighted by molar-refractivity contribution is 0.131. The molecule has 3 N–H and O–H groups in total. The maximum absolute atomic E-state index is 9.86. The number of aliphatic hydroxyl groups is 1. The monoisotopic (exact) mass is 301 g/mol. The number of ether oxygens (including phenoxy) is 1. The summed E-state index contributed by atoms with van der Waals surface area (Å²) in [4.78, 5) is 0. The van der Waals surface area contributed by atoms with E-state index in [1.165, 1.54) is 0 Å². The average molecular weight is 301 g/mol. The number of hydrogen-bond acceptors (Lipinski definition) is 4. The van der Waals surface area contributed by atoms with E-state index in [0.29, 0.717) is 5.92 Å². The molecule has 2 unspecified atom stereocenters. The molecule has 3 rings (SSSR count). The molecule has 1 saturated carbocycles. The van der Waals surface area contributed by atoms with Gasteiger partial charge in [0, 0.05) is 24.2 Å². The molecule has 5 nitrogen and oxygen atoms in total. The second kappa shape index (κ2) is 6.94. The fourth-order valence-electron chi connectivity index (χ4n) is 3.10. The minimum Gasteiger partial charge on any atom is -0.497 e. The zero-order valence-electron chi connectivity index (χ0n) is 12.9.